The molecule has 0 radical (unpaired) electrons. The highest BCUT2D eigenvalue weighted by Gasteiger charge is 2.31. The highest BCUT2D eigenvalue weighted by molar-refractivity contribution is 5.92. The first-order valence-corrected chi connectivity index (χ1v) is 13.2. The summed E-state index contributed by atoms with van der Waals surface area (Å²) in [6.07, 6.45) is 8.96. The number of aryl methyl sites for hydroxylation is 1. The van der Waals surface area contributed by atoms with Crippen molar-refractivity contribution in [2.45, 2.75) is 38.8 Å². The van der Waals surface area contributed by atoms with Crippen LogP contribution in [-0.2, 0) is 13.1 Å². The molecule has 0 spiro atoms. The number of ether oxygens (including phenoxy) is 2. The molecule has 0 amide bonds. The maximum Gasteiger partial charge on any atom is 0.348 e. The van der Waals surface area contributed by atoms with Crippen LogP contribution in [0, 0.1) is 16.9 Å². The first-order valence-electron chi connectivity index (χ1n) is 13.2. The number of benzene rings is 2. The van der Waals surface area contributed by atoms with Gasteiger partial charge in [-0.05, 0) is 50.0 Å². The van der Waals surface area contributed by atoms with Gasteiger partial charge in [0.2, 0.25) is 6.21 Å². The molecule has 2 aromatic carbocycles. The van der Waals surface area contributed by atoms with E-state index in [4.69, 9.17) is 9.47 Å². The van der Waals surface area contributed by atoms with E-state index in [1.807, 2.05) is 47.2 Å². The summed E-state index contributed by atoms with van der Waals surface area (Å²) in [5.41, 5.74) is 2.93. The van der Waals surface area contributed by atoms with E-state index in [0.29, 0.717) is 59.9 Å². The molecular formula is C30H29FN4O4. The minimum absolute atomic E-state index is 0.162. The maximum absolute atomic E-state index is 14.2. The van der Waals surface area contributed by atoms with Gasteiger partial charge in [0, 0.05) is 24.0 Å². The van der Waals surface area contributed by atoms with E-state index in [1.54, 1.807) is 24.0 Å². The summed E-state index contributed by atoms with van der Waals surface area (Å²) in [5.74, 6) is 0.842. The van der Waals surface area contributed by atoms with Gasteiger partial charge in [-0.3, -0.25) is 4.57 Å². The Balaban J connectivity index is 1.23. The zero-order chi connectivity index (χ0) is 26.9. The molecule has 9 heteroatoms. The van der Waals surface area contributed by atoms with Crippen molar-refractivity contribution in [3.05, 3.63) is 93.7 Å². The van der Waals surface area contributed by atoms with E-state index in [0.717, 1.165) is 35.3 Å². The van der Waals surface area contributed by atoms with Gasteiger partial charge in [0.25, 0.3) is 0 Å². The van der Waals surface area contributed by atoms with Crippen molar-refractivity contribution < 1.29 is 18.6 Å². The van der Waals surface area contributed by atoms with Crippen molar-refractivity contribution >= 4 is 17.1 Å². The van der Waals surface area contributed by atoms with Crippen LogP contribution >= 0.6 is 0 Å². The summed E-state index contributed by atoms with van der Waals surface area (Å²) in [6, 6.07) is 13.7. The largest absolute Gasteiger partial charge is 0.618 e. The van der Waals surface area contributed by atoms with Gasteiger partial charge < -0.3 is 19.2 Å². The summed E-state index contributed by atoms with van der Waals surface area (Å²) in [4.78, 5) is 17.3. The molecule has 200 valence electrons. The Hall–Kier alpha value is -4.40. The second-order valence-electron chi connectivity index (χ2n) is 9.90. The summed E-state index contributed by atoms with van der Waals surface area (Å²) in [5, 5.41) is 13.4. The smallest absolute Gasteiger partial charge is 0.348 e. The normalized spacial score (nSPS) is 16.6. The molecule has 1 atom stereocenters. The second-order valence-corrected chi connectivity index (χ2v) is 9.90. The molecule has 0 N–H and O–H groups in total. The average Bonchev–Trinajstić information content (AvgIpc) is 3.20. The molecule has 39 heavy (non-hydrogen) atoms. The number of hydrogen-bond donors (Lipinski definition) is 0. The number of fused-ring (bicyclic) bond motifs is 3. The Labute approximate surface area is 224 Å². The van der Waals surface area contributed by atoms with Crippen LogP contribution in [0.1, 0.15) is 31.4 Å². The van der Waals surface area contributed by atoms with E-state index in [-0.39, 0.29) is 11.7 Å². The van der Waals surface area contributed by atoms with Crippen LogP contribution in [0.15, 0.2) is 71.3 Å². The van der Waals surface area contributed by atoms with Crippen molar-refractivity contribution in [3.63, 3.8) is 0 Å². The minimum Gasteiger partial charge on any atom is -0.618 e. The number of hydroxylamine groups is 1. The molecule has 0 bridgehead atoms. The highest BCUT2D eigenvalue weighted by Crippen LogP contribution is 2.37. The molecule has 0 saturated heterocycles. The molecule has 0 fully saturated rings. The molecular weight excluding hydrogens is 499 g/mol. The van der Waals surface area contributed by atoms with Crippen LogP contribution < -0.4 is 15.2 Å². The van der Waals surface area contributed by atoms with Gasteiger partial charge in [0.1, 0.15) is 5.82 Å². The lowest BCUT2D eigenvalue weighted by Gasteiger charge is -2.20. The summed E-state index contributed by atoms with van der Waals surface area (Å²) in [7, 11) is 1.56. The van der Waals surface area contributed by atoms with Gasteiger partial charge in [-0.15, -0.1) is 0 Å². The lowest BCUT2D eigenvalue weighted by molar-refractivity contribution is -0.406. The number of allylic oxidation sites excluding steroid dienone is 2. The standard InChI is InChI=1S/C30H29FN4O4/c1-38-29-26-18-35(37)24-11-6-5-10-21(24)17-33(26)19-27(29)39-15-7-14-34-25-13-12-22(31)16-23(25)28(32-30(34)36)20-8-3-2-4-9-20/h2-4,8-9,11-13,16,18-19,21H,5-7,10,14-15,17H2,1H3/t21-/m0/s1. The molecule has 0 saturated carbocycles. The lowest BCUT2D eigenvalue weighted by Crippen LogP contribution is -2.25. The van der Waals surface area contributed by atoms with Crippen molar-refractivity contribution in [1.82, 2.24) is 14.1 Å². The van der Waals surface area contributed by atoms with Crippen molar-refractivity contribution in [1.29, 1.82) is 0 Å². The van der Waals surface area contributed by atoms with E-state index in [1.165, 1.54) is 12.1 Å². The Bertz CT molecular complexity index is 1660. The zero-order valence-electron chi connectivity index (χ0n) is 21.7. The third-order valence-electron chi connectivity index (χ3n) is 7.46. The van der Waals surface area contributed by atoms with E-state index >= 15 is 0 Å². The lowest BCUT2D eigenvalue weighted by atomic mass is 9.92. The fraction of sp³-hybridized carbons (Fsp3) is 0.300. The first-order chi connectivity index (χ1) is 19.0. The van der Waals surface area contributed by atoms with E-state index < -0.39 is 5.69 Å². The predicted molar refractivity (Wildman–Crippen MR) is 147 cm³/mol. The van der Waals surface area contributed by atoms with Crippen LogP contribution in [0.3, 0.4) is 0 Å². The maximum atomic E-state index is 14.2. The predicted octanol–water partition coefficient (Wildman–Crippen LogP) is 5.11. The number of rotatable bonds is 7. The van der Waals surface area contributed by atoms with E-state index in [2.05, 4.69) is 4.98 Å². The SMILES string of the molecule is COc1c(OCCCn2c(=O)nc(-c3ccccc3)c3cc(F)ccc32)cn2c1C=[N+]([O-])C1=CCCC[C@H]1C2. The topological polar surface area (TPSA) is 84.3 Å². The molecule has 1 aliphatic heterocycles. The van der Waals surface area contributed by atoms with Crippen LogP contribution in [0.4, 0.5) is 4.39 Å². The van der Waals surface area contributed by atoms with Crippen molar-refractivity contribution in [3.8, 4) is 22.8 Å². The summed E-state index contributed by atoms with van der Waals surface area (Å²) < 4.78 is 30.4. The number of halogens is 1. The first kappa shape index (κ1) is 24.9. The number of aromatic nitrogens is 3. The molecule has 0 unspecified atom stereocenters. The van der Waals surface area contributed by atoms with Gasteiger partial charge in [-0.1, -0.05) is 30.3 Å². The number of hydrogen-bond acceptors (Lipinski definition) is 5. The Morgan fingerprint density at radius 2 is 2.05 bits per heavy atom. The Morgan fingerprint density at radius 1 is 1.21 bits per heavy atom. The quantitative estimate of drug-likeness (QED) is 0.189. The molecule has 3 heterocycles. The molecule has 4 aromatic rings. The number of nitrogens with zero attached hydrogens (tertiary/aromatic N) is 4. The molecule has 8 nitrogen and oxygen atoms in total. The highest BCUT2D eigenvalue weighted by atomic mass is 19.1. The molecule has 2 aromatic heterocycles. The van der Waals surface area contributed by atoms with Crippen molar-refractivity contribution in [2.24, 2.45) is 5.92 Å². The minimum atomic E-state index is -0.400. The van der Waals surface area contributed by atoms with Crippen molar-refractivity contribution in [2.75, 3.05) is 13.7 Å². The molecule has 2 aliphatic rings. The van der Waals surface area contributed by atoms with Crippen LogP contribution in [0.2, 0.25) is 0 Å². The average molecular weight is 529 g/mol. The van der Waals surface area contributed by atoms with Gasteiger partial charge in [-0.2, -0.15) is 9.72 Å². The third kappa shape index (κ3) is 4.69. The fourth-order valence-electron chi connectivity index (χ4n) is 5.61. The zero-order valence-corrected chi connectivity index (χ0v) is 21.7. The van der Waals surface area contributed by atoms with Crippen LogP contribution in [0.5, 0.6) is 11.5 Å². The van der Waals surface area contributed by atoms with Gasteiger partial charge in [0.15, 0.2) is 22.9 Å². The van der Waals surface area contributed by atoms with Gasteiger partial charge >= 0.3 is 5.69 Å². The van der Waals surface area contributed by atoms with E-state index in [9.17, 15) is 14.4 Å². The van der Waals surface area contributed by atoms with Gasteiger partial charge in [0.05, 0.1) is 37.0 Å². The summed E-state index contributed by atoms with van der Waals surface area (Å²) >= 11 is 0. The third-order valence-corrected chi connectivity index (χ3v) is 7.46. The summed E-state index contributed by atoms with van der Waals surface area (Å²) in [6.45, 7) is 1.34. The van der Waals surface area contributed by atoms with Crippen LogP contribution in [0.25, 0.3) is 22.2 Å². The number of methoxy groups -OCH3 is 1. The fourth-order valence-corrected chi connectivity index (χ4v) is 5.61. The second kappa shape index (κ2) is 10.4. The Kier molecular flexibility index (Phi) is 6.64. The monoisotopic (exact) mass is 528 g/mol. The van der Waals surface area contributed by atoms with Crippen LogP contribution in [-0.4, -0.2) is 38.8 Å². The molecule has 6 rings (SSSR count). The Morgan fingerprint density at radius 3 is 2.87 bits per heavy atom. The van der Waals surface area contributed by atoms with Gasteiger partial charge in [-0.25, -0.2) is 9.18 Å². The molecule has 1 aliphatic carbocycles.